The molecule has 1 aliphatic rings. The van der Waals surface area contributed by atoms with Crippen molar-refractivity contribution in [2.75, 3.05) is 25.1 Å². The standard InChI is InChI=1S/C21H20ClFN4O2/c1-29-16-5-2-13(3-6-16)19-11-20(26-25-19)27-9-8-15(12-27)24-21(28)14-4-7-18(23)17(22)10-14/h2-7,10-11,15H,8-9,12H2,1H3,(H,24,28)(H,25,26). The first kappa shape index (κ1) is 19.3. The number of nitrogens with one attached hydrogen (secondary N) is 2. The summed E-state index contributed by atoms with van der Waals surface area (Å²) in [6, 6.07) is 13.7. The molecule has 1 aliphatic heterocycles. The summed E-state index contributed by atoms with van der Waals surface area (Å²) >= 11 is 5.77. The minimum atomic E-state index is -0.540. The lowest BCUT2D eigenvalue weighted by atomic mass is 10.1. The van der Waals surface area contributed by atoms with Crippen LogP contribution in [0, 0.1) is 5.82 Å². The molecule has 1 fully saturated rings. The van der Waals surface area contributed by atoms with Crippen LogP contribution in [0.4, 0.5) is 10.2 Å². The Bertz CT molecular complexity index is 1020. The lowest BCUT2D eigenvalue weighted by molar-refractivity contribution is 0.0940. The maximum Gasteiger partial charge on any atom is 0.251 e. The zero-order valence-corrected chi connectivity index (χ0v) is 16.5. The van der Waals surface area contributed by atoms with E-state index < -0.39 is 5.82 Å². The summed E-state index contributed by atoms with van der Waals surface area (Å²) < 4.78 is 18.5. The topological polar surface area (TPSA) is 70.2 Å². The van der Waals surface area contributed by atoms with Gasteiger partial charge in [-0.1, -0.05) is 11.6 Å². The van der Waals surface area contributed by atoms with Crippen LogP contribution in [0.3, 0.4) is 0 Å². The Morgan fingerprint density at radius 2 is 2.07 bits per heavy atom. The molecule has 0 spiro atoms. The van der Waals surface area contributed by atoms with Crippen molar-refractivity contribution in [3.05, 3.63) is 64.9 Å². The SMILES string of the molecule is COc1ccc(-c2cc(N3CCC(NC(=O)c4ccc(F)c(Cl)c4)C3)n[nH]2)cc1. The number of methoxy groups -OCH3 is 1. The Hall–Kier alpha value is -3.06. The van der Waals surface area contributed by atoms with Crippen LogP contribution in [0.15, 0.2) is 48.5 Å². The van der Waals surface area contributed by atoms with Crippen LogP contribution in [-0.2, 0) is 0 Å². The van der Waals surface area contributed by atoms with E-state index in [1.807, 2.05) is 30.3 Å². The van der Waals surface area contributed by atoms with Crippen LogP contribution in [0.1, 0.15) is 16.8 Å². The molecule has 6 nitrogen and oxygen atoms in total. The van der Waals surface area contributed by atoms with E-state index in [0.717, 1.165) is 35.8 Å². The summed E-state index contributed by atoms with van der Waals surface area (Å²) in [5.41, 5.74) is 2.27. The molecule has 1 saturated heterocycles. The molecule has 8 heteroatoms. The van der Waals surface area contributed by atoms with Crippen LogP contribution in [-0.4, -0.2) is 42.3 Å². The molecule has 29 heavy (non-hydrogen) atoms. The van der Waals surface area contributed by atoms with Crippen LogP contribution in [0.25, 0.3) is 11.3 Å². The molecule has 1 aromatic heterocycles. The van der Waals surface area contributed by atoms with Gasteiger partial charge in [-0.05, 0) is 54.4 Å². The highest BCUT2D eigenvalue weighted by molar-refractivity contribution is 6.31. The summed E-state index contributed by atoms with van der Waals surface area (Å²) in [4.78, 5) is 14.5. The van der Waals surface area contributed by atoms with E-state index in [9.17, 15) is 9.18 Å². The molecular formula is C21H20ClFN4O2. The van der Waals surface area contributed by atoms with Crippen LogP contribution in [0.5, 0.6) is 5.75 Å². The zero-order valence-electron chi connectivity index (χ0n) is 15.8. The number of carbonyl (C=O) groups excluding carboxylic acids is 1. The summed E-state index contributed by atoms with van der Waals surface area (Å²) in [6.07, 6.45) is 0.797. The number of amides is 1. The fourth-order valence-corrected chi connectivity index (χ4v) is 3.56. The number of benzene rings is 2. The number of hydrogen-bond donors (Lipinski definition) is 2. The number of hydrogen-bond acceptors (Lipinski definition) is 4. The Kier molecular flexibility index (Phi) is 5.40. The molecule has 3 aromatic rings. The van der Waals surface area contributed by atoms with E-state index in [2.05, 4.69) is 20.4 Å². The highest BCUT2D eigenvalue weighted by Gasteiger charge is 2.26. The number of nitrogens with zero attached hydrogens (tertiary/aromatic N) is 2. The minimum Gasteiger partial charge on any atom is -0.497 e. The molecule has 0 radical (unpaired) electrons. The molecule has 150 valence electrons. The fourth-order valence-electron chi connectivity index (χ4n) is 3.38. The van der Waals surface area contributed by atoms with Crippen molar-refractivity contribution in [2.24, 2.45) is 0 Å². The van der Waals surface area contributed by atoms with Gasteiger partial charge in [-0.3, -0.25) is 9.89 Å². The molecule has 4 rings (SSSR count). The minimum absolute atomic E-state index is 0.0209. The second-order valence-electron chi connectivity index (χ2n) is 6.90. The molecule has 0 aliphatic carbocycles. The lowest BCUT2D eigenvalue weighted by Gasteiger charge is -2.16. The van der Waals surface area contributed by atoms with Gasteiger partial charge in [0.2, 0.25) is 0 Å². The first-order valence-corrected chi connectivity index (χ1v) is 9.62. The van der Waals surface area contributed by atoms with Crippen molar-refractivity contribution in [1.29, 1.82) is 0 Å². The van der Waals surface area contributed by atoms with E-state index in [1.165, 1.54) is 18.2 Å². The van der Waals surface area contributed by atoms with Gasteiger partial charge in [0.05, 0.1) is 17.8 Å². The largest absolute Gasteiger partial charge is 0.497 e. The number of carbonyl (C=O) groups is 1. The van der Waals surface area contributed by atoms with Gasteiger partial charge in [0.1, 0.15) is 11.6 Å². The molecule has 1 amide bonds. The maximum atomic E-state index is 13.3. The van der Waals surface area contributed by atoms with Crippen molar-refractivity contribution in [2.45, 2.75) is 12.5 Å². The summed E-state index contributed by atoms with van der Waals surface area (Å²) in [7, 11) is 1.64. The van der Waals surface area contributed by atoms with E-state index in [0.29, 0.717) is 12.1 Å². The Morgan fingerprint density at radius 1 is 1.28 bits per heavy atom. The number of H-pyrrole nitrogens is 1. The summed E-state index contributed by atoms with van der Waals surface area (Å²) in [6.45, 7) is 1.43. The van der Waals surface area contributed by atoms with Gasteiger partial charge in [0, 0.05) is 30.8 Å². The number of rotatable bonds is 5. The van der Waals surface area contributed by atoms with Crippen LogP contribution >= 0.6 is 11.6 Å². The lowest BCUT2D eigenvalue weighted by Crippen LogP contribution is -2.37. The van der Waals surface area contributed by atoms with Gasteiger partial charge < -0.3 is 15.0 Å². The smallest absolute Gasteiger partial charge is 0.251 e. The quantitative estimate of drug-likeness (QED) is 0.664. The Morgan fingerprint density at radius 3 is 2.79 bits per heavy atom. The maximum absolute atomic E-state index is 13.3. The molecule has 2 aromatic carbocycles. The second-order valence-corrected chi connectivity index (χ2v) is 7.31. The Balaban J connectivity index is 1.39. The first-order chi connectivity index (χ1) is 14.0. The van der Waals surface area contributed by atoms with Gasteiger partial charge >= 0.3 is 0 Å². The van der Waals surface area contributed by atoms with Crippen molar-refractivity contribution < 1.29 is 13.9 Å². The van der Waals surface area contributed by atoms with E-state index >= 15 is 0 Å². The molecule has 1 unspecified atom stereocenters. The molecule has 0 bridgehead atoms. The van der Waals surface area contributed by atoms with E-state index in [4.69, 9.17) is 16.3 Å². The van der Waals surface area contributed by atoms with Gasteiger partial charge in [-0.25, -0.2) is 4.39 Å². The third-order valence-corrected chi connectivity index (χ3v) is 5.28. The summed E-state index contributed by atoms with van der Waals surface area (Å²) in [5.74, 6) is 0.826. The fraction of sp³-hybridized carbons (Fsp3) is 0.238. The number of anilines is 1. The van der Waals surface area contributed by atoms with E-state index in [1.54, 1.807) is 7.11 Å². The highest BCUT2D eigenvalue weighted by atomic mass is 35.5. The van der Waals surface area contributed by atoms with Crippen molar-refractivity contribution in [3.8, 4) is 17.0 Å². The average Bonchev–Trinajstić information content (AvgIpc) is 3.39. The number of aromatic amines is 1. The molecule has 2 N–H and O–H groups in total. The average molecular weight is 415 g/mol. The zero-order chi connectivity index (χ0) is 20.4. The third kappa shape index (κ3) is 4.19. The predicted molar refractivity (Wildman–Crippen MR) is 110 cm³/mol. The Labute approximate surface area is 172 Å². The normalized spacial score (nSPS) is 16.1. The number of halogens is 2. The summed E-state index contributed by atoms with van der Waals surface area (Å²) in [5, 5.41) is 10.4. The number of aromatic nitrogens is 2. The van der Waals surface area contributed by atoms with Gasteiger partial charge in [0.25, 0.3) is 5.91 Å². The highest BCUT2D eigenvalue weighted by Crippen LogP contribution is 2.26. The van der Waals surface area contributed by atoms with Crippen LogP contribution in [0.2, 0.25) is 5.02 Å². The van der Waals surface area contributed by atoms with Gasteiger partial charge in [0.15, 0.2) is 5.82 Å². The van der Waals surface area contributed by atoms with Crippen LogP contribution < -0.4 is 15.0 Å². The number of ether oxygens (including phenoxy) is 1. The van der Waals surface area contributed by atoms with Crippen molar-refractivity contribution in [1.82, 2.24) is 15.5 Å². The molecule has 1 atom stereocenters. The molecule has 2 heterocycles. The van der Waals surface area contributed by atoms with Crippen molar-refractivity contribution in [3.63, 3.8) is 0 Å². The molecular weight excluding hydrogens is 395 g/mol. The first-order valence-electron chi connectivity index (χ1n) is 9.24. The van der Waals surface area contributed by atoms with Gasteiger partial charge in [-0.2, -0.15) is 5.10 Å². The monoisotopic (exact) mass is 414 g/mol. The molecule has 0 saturated carbocycles. The van der Waals surface area contributed by atoms with Crippen molar-refractivity contribution >= 4 is 23.3 Å². The van der Waals surface area contributed by atoms with Gasteiger partial charge in [-0.15, -0.1) is 0 Å². The van der Waals surface area contributed by atoms with E-state index in [-0.39, 0.29) is 17.0 Å². The third-order valence-electron chi connectivity index (χ3n) is 4.99. The predicted octanol–water partition coefficient (Wildman–Crippen LogP) is 3.89. The second kappa shape index (κ2) is 8.13.